The zero-order valence-electron chi connectivity index (χ0n) is 10.0. The van der Waals surface area contributed by atoms with E-state index in [4.69, 9.17) is 10.7 Å². The number of hydrogen-bond donors (Lipinski definition) is 1. The van der Waals surface area contributed by atoms with Crippen LogP contribution < -0.4 is 5.73 Å². The zero-order chi connectivity index (χ0) is 11.8. The molecule has 90 valence electrons. The molecule has 2 aromatic rings. The standard InChI is InChI=1S/C13H17N3S/c1-16-11-7-9(8-14)4-5-10(11)15-13(16)12-3-2-6-17-12/h2-3,6,9H,4-5,7-8,14H2,1H3. The van der Waals surface area contributed by atoms with Gasteiger partial charge in [0.15, 0.2) is 0 Å². The van der Waals surface area contributed by atoms with Crippen LogP contribution >= 0.6 is 11.3 Å². The van der Waals surface area contributed by atoms with Crippen LogP contribution in [-0.2, 0) is 19.9 Å². The minimum Gasteiger partial charge on any atom is -0.330 e. The van der Waals surface area contributed by atoms with E-state index in [9.17, 15) is 0 Å². The molecule has 2 heterocycles. The molecule has 17 heavy (non-hydrogen) atoms. The van der Waals surface area contributed by atoms with Crippen LogP contribution in [0.25, 0.3) is 10.7 Å². The van der Waals surface area contributed by atoms with Crippen molar-refractivity contribution >= 4 is 11.3 Å². The number of aryl methyl sites for hydroxylation is 1. The summed E-state index contributed by atoms with van der Waals surface area (Å²) in [6.45, 7) is 0.791. The minimum absolute atomic E-state index is 0.633. The maximum Gasteiger partial charge on any atom is 0.150 e. The molecule has 1 atom stereocenters. The van der Waals surface area contributed by atoms with E-state index in [-0.39, 0.29) is 0 Å². The van der Waals surface area contributed by atoms with Gasteiger partial charge in [0.25, 0.3) is 0 Å². The lowest BCUT2D eigenvalue weighted by molar-refractivity contribution is 0.453. The first-order valence-corrected chi connectivity index (χ1v) is 6.96. The Labute approximate surface area is 105 Å². The molecule has 0 bridgehead atoms. The highest BCUT2D eigenvalue weighted by Gasteiger charge is 2.24. The van der Waals surface area contributed by atoms with Crippen molar-refractivity contribution in [2.45, 2.75) is 19.3 Å². The van der Waals surface area contributed by atoms with Crippen molar-refractivity contribution in [1.82, 2.24) is 9.55 Å². The molecule has 0 radical (unpaired) electrons. The predicted molar refractivity (Wildman–Crippen MR) is 71.1 cm³/mol. The van der Waals surface area contributed by atoms with E-state index in [1.54, 1.807) is 11.3 Å². The lowest BCUT2D eigenvalue weighted by Gasteiger charge is -2.20. The summed E-state index contributed by atoms with van der Waals surface area (Å²) in [5.74, 6) is 1.75. The fourth-order valence-electron chi connectivity index (χ4n) is 2.59. The summed E-state index contributed by atoms with van der Waals surface area (Å²) in [5.41, 5.74) is 8.45. The lowest BCUT2D eigenvalue weighted by atomic mass is 9.90. The Balaban J connectivity index is 2.02. The highest BCUT2D eigenvalue weighted by molar-refractivity contribution is 7.13. The summed E-state index contributed by atoms with van der Waals surface area (Å²) < 4.78 is 2.25. The molecule has 1 unspecified atom stereocenters. The summed E-state index contributed by atoms with van der Waals surface area (Å²) in [4.78, 5) is 6.05. The molecular formula is C13H17N3S. The molecule has 4 heteroatoms. The second kappa shape index (κ2) is 4.27. The van der Waals surface area contributed by atoms with Crippen molar-refractivity contribution in [2.75, 3.05) is 6.54 Å². The minimum atomic E-state index is 0.633. The highest BCUT2D eigenvalue weighted by Crippen LogP contribution is 2.30. The Hall–Kier alpha value is -1.13. The van der Waals surface area contributed by atoms with E-state index >= 15 is 0 Å². The van der Waals surface area contributed by atoms with E-state index in [0.717, 1.165) is 25.2 Å². The lowest BCUT2D eigenvalue weighted by Crippen LogP contribution is -2.23. The number of aromatic nitrogens is 2. The van der Waals surface area contributed by atoms with Crippen molar-refractivity contribution in [2.24, 2.45) is 18.7 Å². The largest absolute Gasteiger partial charge is 0.330 e. The molecule has 0 amide bonds. The van der Waals surface area contributed by atoms with Crippen LogP contribution in [0.2, 0.25) is 0 Å². The molecule has 0 spiro atoms. The molecule has 1 aliphatic carbocycles. The van der Waals surface area contributed by atoms with E-state index in [1.807, 2.05) is 0 Å². The van der Waals surface area contributed by atoms with Gasteiger partial charge in [0.2, 0.25) is 0 Å². The summed E-state index contributed by atoms with van der Waals surface area (Å²) in [6.07, 6.45) is 3.35. The SMILES string of the molecule is Cn1c(-c2cccs2)nc2c1CC(CN)CC2. The Kier molecular flexibility index (Phi) is 2.76. The van der Waals surface area contributed by atoms with Crippen LogP contribution in [0.1, 0.15) is 17.8 Å². The number of hydrogen-bond acceptors (Lipinski definition) is 3. The Morgan fingerprint density at radius 3 is 3.18 bits per heavy atom. The molecule has 1 aliphatic rings. The average molecular weight is 247 g/mol. The van der Waals surface area contributed by atoms with E-state index in [0.29, 0.717) is 5.92 Å². The Morgan fingerprint density at radius 2 is 2.47 bits per heavy atom. The van der Waals surface area contributed by atoms with Crippen molar-refractivity contribution in [3.63, 3.8) is 0 Å². The first kappa shape index (κ1) is 11.0. The summed E-state index contributed by atoms with van der Waals surface area (Å²) in [6, 6.07) is 4.22. The normalized spacial score (nSPS) is 19.3. The van der Waals surface area contributed by atoms with Gasteiger partial charge in [0.05, 0.1) is 10.6 Å². The summed E-state index contributed by atoms with van der Waals surface area (Å²) in [5, 5.41) is 2.10. The third-order valence-corrected chi connectivity index (χ3v) is 4.51. The Bertz CT molecular complexity index is 513. The maximum atomic E-state index is 5.78. The number of thiophene rings is 1. The number of rotatable bonds is 2. The van der Waals surface area contributed by atoms with Crippen LogP contribution in [-0.4, -0.2) is 16.1 Å². The molecule has 3 rings (SSSR count). The molecule has 3 nitrogen and oxygen atoms in total. The maximum absolute atomic E-state index is 5.78. The van der Waals surface area contributed by atoms with Gasteiger partial charge in [-0.3, -0.25) is 0 Å². The zero-order valence-corrected chi connectivity index (χ0v) is 10.8. The molecule has 0 saturated heterocycles. The first-order chi connectivity index (χ1) is 8.29. The van der Waals surface area contributed by atoms with E-state index in [2.05, 4.69) is 29.1 Å². The molecular weight excluding hydrogens is 230 g/mol. The van der Waals surface area contributed by atoms with Crippen molar-refractivity contribution in [1.29, 1.82) is 0 Å². The number of nitrogens with zero attached hydrogens (tertiary/aromatic N) is 2. The van der Waals surface area contributed by atoms with Crippen LogP contribution in [0.5, 0.6) is 0 Å². The summed E-state index contributed by atoms with van der Waals surface area (Å²) in [7, 11) is 2.12. The summed E-state index contributed by atoms with van der Waals surface area (Å²) >= 11 is 1.75. The van der Waals surface area contributed by atoms with E-state index < -0.39 is 0 Å². The fraction of sp³-hybridized carbons (Fsp3) is 0.462. The second-order valence-corrected chi connectivity index (χ2v) is 5.66. The molecule has 0 aromatic carbocycles. The topological polar surface area (TPSA) is 43.8 Å². The van der Waals surface area contributed by atoms with Crippen molar-refractivity contribution < 1.29 is 0 Å². The van der Waals surface area contributed by atoms with Gasteiger partial charge < -0.3 is 10.3 Å². The number of nitrogens with two attached hydrogens (primary N) is 1. The molecule has 0 saturated carbocycles. The molecule has 0 fully saturated rings. The third-order valence-electron chi connectivity index (χ3n) is 3.64. The van der Waals surface area contributed by atoms with Crippen LogP contribution in [0.3, 0.4) is 0 Å². The Morgan fingerprint density at radius 1 is 1.59 bits per heavy atom. The van der Waals surface area contributed by atoms with Gasteiger partial charge in [0.1, 0.15) is 5.82 Å². The van der Waals surface area contributed by atoms with Gasteiger partial charge in [-0.15, -0.1) is 11.3 Å². The first-order valence-electron chi connectivity index (χ1n) is 6.08. The monoisotopic (exact) mass is 247 g/mol. The van der Waals surface area contributed by atoms with Crippen molar-refractivity contribution in [3.8, 4) is 10.7 Å². The third kappa shape index (κ3) is 1.81. The van der Waals surface area contributed by atoms with Gasteiger partial charge in [-0.2, -0.15) is 0 Å². The van der Waals surface area contributed by atoms with Crippen LogP contribution in [0.4, 0.5) is 0 Å². The quantitative estimate of drug-likeness (QED) is 0.884. The predicted octanol–water partition coefficient (Wildman–Crippen LogP) is 2.21. The van der Waals surface area contributed by atoms with Gasteiger partial charge in [-0.1, -0.05) is 6.07 Å². The second-order valence-electron chi connectivity index (χ2n) is 4.71. The molecule has 0 aliphatic heterocycles. The number of imidazole rings is 1. The smallest absolute Gasteiger partial charge is 0.150 e. The van der Waals surface area contributed by atoms with Crippen molar-refractivity contribution in [3.05, 3.63) is 28.9 Å². The molecule has 2 N–H and O–H groups in total. The average Bonchev–Trinajstić information content (AvgIpc) is 2.97. The van der Waals surface area contributed by atoms with Gasteiger partial charge in [-0.25, -0.2) is 4.98 Å². The van der Waals surface area contributed by atoms with Crippen LogP contribution in [0.15, 0.2) is 17.5 Å². The fourth-order valence-corrected chi connectivity index (χ4v) is 3.34. The van der Waals surface area contributed by atoms with Gasteiger partial charge in [0, 0.05) is 12.7 Å². The highest BCUT2D eigenvalue weighted by atomic mass is 32.1. The molecule has 2 aromatic heterocycles. The van der Waals surface area contributed by atoms with Gasteiger partial charge in [-0.05, 0) is 43.2 Å². The van der Waals surface area contributed by atoms with Crippen LogP contribution in [0, 0.1) is 5.92 Å². The number of fused-ring (bicyclic) bond motifs is 1. The van der Waals surface area contributed by atoms with Gasteiger partial charge >= 0.3 is 0 Å². The van der Waals surface area contributed by atoms with E-state index in [1.165, 1.54) is 22.7 Å².